The second kappa shape index (κ2) is 4.78. The number of pyridine rings is 1. The molecule has 0 spiro atoms. The molecule has 18 heavy (non-hydrogen) atoms. The maximum atomic E-state index is 9.01. The maximum Gasteiger partial charge on any atom is 0.0691 e. The minimum absolute atomic E-state index is 0.0914. The molecule has 0 saturated heterocycles. The first kappa shape index (κ1) is 11.2. The minimum Gasteiger partial charge on any atom is -0.392 e. The summed E-state index contributed by atoms with van der Waals surface area (Å²) in [4.78, 5) is 4.47. The molecule has 3 nitrogen and oxygen atoms in total. The van der Waals surface area contributed by atoms with E-state index in [1.54, 1.807) is 0 Å². The fourth-order valence-corrected chi connectivity index (χ4v) is 2.46. The predicted octanol–water partition coefficient (Wildman–Crippen LogP) is 2.67. The molecule has 1 aliphatic rings. The SMILES string of the molecule is OCc1ccc(NC2CCc3cccnc32)cc1. The Labute approximate surface area is 107 Å². The van der Waals surface area contributed by atoms with Crippen molar-refractivity contribution in [2.75, 3.05) is 5.32 Å². The highest BCUT2D eigenvalue weighted by Gasteiger charge is 2.22. The first-order valence-electron chi connectivity index (χ1n) is 6.27. The van der Waals surface area contributed by atoms with E-state index in [-0.39, 0.29) is 6.61 Å². The molecule has 1 aromatic heterocycles. The molecular weight excluding hydrogens is 224 g/mol. The lowest BCUT2D eigenvalue weighted by molar-refractivity contribution is 0.282. The number of nitrogens with zero attached hydrogens (tertiary/aromatic N) is 1. The van der Waals surface area contributed by atoms with Gasteiger partial charge in [-0.05, 0) is 42.2 Å². The van der Waals surface area contributed by atoms with Crippen LogP contribution in [0.3, 0.4) is 0 Å². The van der Waals surface area contributed by atoms with Gasteiger partial charge in [-0.2, -0.15) is 0 Å². The molecule has 0 saturated carbocycles. The zero-order valence-corrected chi connectivity index (χ0v) is 10.1. The van der Waals surface area contributed by atoms with Crippen molar-refractivity contribution in [1.29, 1.82) is 0 Å². The summed E-state index contributed by atoms with van der Waals surface area (Å²) in [6.45, 7) is 0.0914. The van der Waals surface area contributed by atoms with Crippen LogP contribution in [-0.4, -0.2) is 10.1 Å². The van der Waals surface area contributed by atoms with Gasteiger partial charge >= 0.3 is 0 Å². The summed E-state index contributed by atoms with van der Waals surface area (Å²) in [6.07, 6.45) is 4.04. The van der Waals surface area contributed by atoms with Crippen molar-refractivity contribution in [1.82, 2.24) is 4.98 Å². The van der Waals surface area contributed by atoms with Crippen molar-refractivity contribution in [3.63, 3.8) is 0 Å². The summed E-state index contributed by atoms with van der Waals surface area (Å²) < 4.78 is 0. The number of hydrogen-bond donors (Lipinski definition) is 2. The molecule has 0 fully saturated rings. The Hall–Kier alpha value is -1.87. The normalized spacial score (nSPS) is 17.5. The Kier molecular flexibility index (Phi) is 2.99. The largest absolute Gasteiger partial charge is 0.392 e. The smallest absolute Gasteiger partial charge is 0.0691 e. The first-order valence-corrected chi connectivity index (χ1v) is 6.27. The molecule has 92 valence electrons. The fourth-order valence-electron chi connectivity index (χ4n) is 2.46. The van der Waals surface area contributed by atoms with Crippen molar-refractivity contribution >= 4 is 5.69 Å². The van der Waals surface area contributed by atoms with Crippen LogP contribution in [0.25, 0.3) is 0 Å². The van der Waals surface area contributed by atoms with E-state index >= 15 is 0 Å². The molecule has 3 heteroatoms. The second-order valence-electron chi connectivity index (χ2n) is 4.64. The lowest BCUT2D eigenvalue weighted by atomic mass is 10.1. The van der Waals surface area contributed by atoms with Crippen LogP contribution in [0.5, 0.6) is 0 Å². The summed E-state index contributed by atoms with van der Waals surface area (Å²) >= 11 is 0. The zero-order valence-electron chi connectivity index (χ0n) is 10.1. The van der Waals surface area contributed by atoms with Crippen LogP contribution < -0.4 is 5.32 Å². The van der Waals surface area contributed by atoms with Gasteiger partial charge in [-0.3, -0.25) is 4.98 Å². The number of aryl methyl sites for hydroxylation is 1. The monoisotopic (exact) mass is 240 g/mol. The predicted molar refractivity (Wildman–Crippen MR) is 71.3 cm³/mol. The zero-order chi connectivity index (χ0) is 12.4. The van der Waals surface area contributed by atoms with Gasteiger partial charge < -0.3 is 10.4 Å². The van der Waals surface area contributed by atoms with Gasteiger partial charge in [0.25, 0.3) is 0 Å². The van der Waals surface area contributed by atoms with Gasteiger partial charge in [0.1, 0.15) is 0 Å². The van der Waals surface area contributed by atoms with Gasteiger partial charge in [-0.15, -0.1) is 0 Å². The van der Waals surface area contributed by atoms with Gasteiger partial charge in [0, 0.05) is 11.9 Å². The molecule has 1 aromatic carbocycles. The molecule has 0 aliphatic heterocycles. The van der Waals surface area contributed by atoms with Crippen LogP contribution in [-0.2, 0) is 13.0 Å². The van der Waals surface area contributed by atoms with Crippen LogP contribution in [0.15, 0.2) is 42.6 Å². The second-order valence-corrected chi connectivity index (χ2v) is 4.64. The summed E-state index contributed by atoms with van der Waals surface area (Å²) in [6, 6.07) is 12.4. The Balaban J connectivity index is 1.77. The van der Waals surface area contributed by atoms with Crippen LogP contribution in [0, 0.1) is 0 Å². The fraction of sp³-hybridized carbons (Fsp3) is 0.267. The van der Waals surface area contributed by atoms with Crippen molar-refractivity contribution in [2.24, 2.45) is 0 Å². The quantitative estimate of drug-likeness (QED) is 0.867. The minimum atomic E-state index is 0.0914. The molecule has 2 N–H and O–H groups in total. The van der Waals surface area contributed by atoms with Crippen LogP contribution in [0.2, 0.25) is 0 Å². The highest BCUT2D eigenvalue weighted by molar-refractivity contribution is 5.47. The number of rotatable bonds is 3. The molecule has 0 bridgehead atoms. The number of hydrogen-bond acceptors (Lipinski definition) is 3. The van der Waals surface area contributed by atoms with E-state index in [0.29, 0.717) is 6.04 Å². The van der Waals surface area contributed by atoms with Crippen LogP contribution >= 0.6 is 0 Å². The van der Waals surface area contributed by atoms with E-state index in [0.717, 1.165) is 24.1 Å². The number of anilines is 1. The lowest BCUT2D eigenvalue weighted by Crippen LogP contribution is -2.08. The topological polar surface area (TPSA) is 45.1 Å². The molecular formula is C15H16N2O. The summed E-state index contributed by atoms with van der Waals surface area (Å²) in [5, 5.41) is 12.5. The average molecular weight is 240 g/mol. The Morgan fingerprint density at radius 1 is 1.22 bits per heavy atom. The number of aliphatic hydroxyl groups is 1. The first-order chi connectivity index (χ1) is 8.86. The third kappa shape index (κ3) is 2.09. The molecule has 2 aromatic rings. The Morgan fingerprint density at radius 2 is 2.06 bits per heavy atom. The Bertz CT molecular complexity index is 536. The number of fused-ring (bicyclic) bond motifs is 1. The van der Waals surface area contributed by atoms with Gasteiger partial charge in [-0.25, -0.2) is 0 Å². The highest BCUT2D eigenvalue weighted by atomic mass is 16.3. The average Bonchev–Trinajstić information content (AvgIpc) is 2.83. The van der Waals surface area contributed by atoms with Crippen molar-refractivity contribution in [2.45, 2.75) is 25.5 Å². The van der Waals surface area contributed by atoms with E-state index in [9.17, 15) is 0 Å². The van der Waals surface area contributed by atoms with Gasteiger partial charge in [0.15, 0.2) is 0 Å². The van der Waals surface area contributed by atoms with E-state index in [4.69, 9.17) is 5.11 Å². The van der Waals surface area contributed by atoms with E-state index in [2.05, 4.69) is 16.4 Å². The third-order valence-corrected chi connectivity index (χ3v) is 3.44. The number of aliphatic hydroxyl groups excluding tert-OH is 1. The van der Waals surface area contributed by atoms with Crippen molar-refractivity contribution in [3.05, 3.63) is 59.4 Å². The van der Waals surface area contributed by atoms with Gasteiger partial charge in [-0.1, -0.05) is 18.2 Å². The summed E-state index contributed by atoms with van der Waals surface area (Å²) in [5.41, 5.74) is 4.53. The summed E-state index contributed by atoms with van der Waals surface area (Å²) in [5.74, 6) is 0. The molecule has 3 rings (SSSR count). The van der Waals surface area contributed by atoms with Crippen LogP contribution in [0.4, 0.5) is 5.69 Å². The molecule has 0 amide bonds. The van der Waals surface area contributed by atoms with E-state index < -0.39 is 0 Å². The van der Waals surface area contributed by atoms with Crippen molar-refractivity contribution in [3.8, 4) is 0 Å². The third-order valence-electron chi connectivity index (χ3n) is 3.44. The molecule has 1 atom stereocenters. The lowest BCUT2D eigenvalue weighted by Gasteiger charge is -2.14. The van der Waals surface area contributed by atoms with Gasteiger partial charge in [0.05, 0.1) is 18.3 Å². The maximum absolute atomic E-state index is 9.01. The summed E-state index contributed by atoms with van der Waals surface area (Å²) in [7, 11) is 0. The molecule has 1 unspecified atom stereocenters. The van der Waals surface area contributed by atoms with E-state index in [1.807, 2.05) is 36.5 Å². The van der Waals surface area contributed by atoms with Gasteiger partial charge in [0.2, 0.25) is 0 Å². The van der Waals surface area contributed by atoms with E-state index in [1.165, 1.54) is 11.3 Å². The van der Waals surface area contributed by atoms with Crippen LogP contribution in [0.1, 0.15) is 29.3 Å². The number of nitrogens with one attached hydrogen (secondary N) is 1. The van der Waals surface area contributed by atoms with Crippen molar-refractivity contribution < 1.29 is 5.11 Å². The number of benzene rings is 1. The highest BCUT2D eigenvalue weighted by Crippen LogP contribution is 2.31. The molecule has 0 radical (unpaired) electrons. The molecule has 1 heterocycles. The standard InChI is InChI=1S/C15H16N2O/c18-10-11-3-6-13(7-4-11)17-14-8-5-12-2-1-9-16-15(12)14/h1-4,6-7,9,14,17-18H,5,8,10H2. The number of aromatic nitrogens is 1. The Morgan fingerprint density at radius 3 is 2.83 bits per heavy atom. The molecule has 1 aliphatic carbocycles.